The number of hydrogen-bond donors (Lipinski definition) is 2. The average Bonchev–Trinajstić information content (AvgIpc) is 2.37. The maximum absolute atomic E-state index is 10.6. The molecule has 1 rings (SSSR count). The van der Waals surface area contributed by atoms with E-state index in [2.05, 4.69) is 0 Å². The summed E-state index contributed by atoms with van der Waals surface area (Å²) in [5.74, 6) is 0. The summed E-state index contributed by atoms with van der Waals surface area (Å²) in [7, 11) is 1.47. The molecule has 0 heterocycles. The largest absolute Gasteiger partial charge is 0.390 e. The molecule has 0 aliphatic rings. The maximum Gasteiger partial charge on any atom is 0.269 e. The number of non-ortho nitro benzene ring substituents is 1. The van der Waals surface area contributed by atoms with Crippen LogP contribution in [0.2, 0.25) is 0 Å². The van der Waals surface area contributed by atoms with E-state index in [1.54, 1.807) is 13.0 Å². The zero-order chi connectivity index (χ0) is 13.7. The predicted octanol–water partition coefficient (Wildman–Crippen LogP) is 1.41. The quantitative estimate of drug-likeness (QED) is 0.592. The summed E-state index contributed by atoms with van der Waals surface area (Å²) >= 11 is 0. The van der Waals surface area contributed by atoms with E-state index >= 15 is 0 Å². The van der Waals surface area contributed by atoms with E-state index in [0.717, 1.165) is 0 Å². The Bertz CT molecular complexity index is 409. The minimum atomic E-state index is -0.961. The zero-order valence-corrected chi connectivity index (χ0v) is 10.3. The Morgan fingerprint density at radius 2 is 2.11 bits per heavy atom. The smallest absolute Gasteiger partial charge is 0.269 e. The molecular formula is C12H17NO5. The van der Waals surface area contributed by atoms with Gasteiger partial charge >= 0.3 is 0 Å². The molecule has 0 aliphatic heterocycles. The van der Waals surface area contributed by atoms with Crippen LogP contribution in [0.3, 0.4) is 0 Å². The number of nitro groups is 1. The molecule has 0 saturated carbocycles. The SMILES string of the molecule is CO[C@H](C)[C@H](O)C[C@H](O)c1cccc([N+](=O)[O-])c1. The minimum absolute atomic E-state index is 0.0656. The fraction of sp³-hybridized carbons (Fsp3) is 0.500. The fourth-order valence-electron chi connectivity index (χ4n) is 1.56. The second-order valence-electron chi connectivity index (χ2n) is 4.11. The van der Waals surface area contributed by atoms with E-state index in [1.165, 1.54) is 25.3 Å². The third kappa shape index (κ3) is 3.76. The van der Waals surface area contributed by atoms with Gasteiger partial charge in [0.05, 0.1) is 23.2 Å². The van der Waals surface area contributed by atoms with Crippen LogP contribution in [-0.2, 0) is 4.74 Å². The van der Waals surface area contributed by atoms with Gasteiger partial charge in [0.1, 0.15) is 0 Å². The van der Waals surface area contributed by atoms with Crippen molar-refractivity contribution in [3.8, 4) is 0 Å². The summed E-state index contributed by atoms with van der Waals surface area (Å²) in [4.78, 5) is 10.1. The van der Waals surface area contributed by atoms with Crippen LogP contribution in [0.15, 0.2) is 24.3 Å². The van der Waals surface area contributed by atoms with Gasteiger partial charge in [-0.2, -0.15) is 0 Å². The monoisotopic (exact) mass is 255 g/mol. The van der Waals surface area contributed by atoms with E-state index in [9.17, 15) is 20.3 Å². The highest BCUT2D eigenvalue weighted by molar-refractivity contribution is 5.35. The first-order chi connectivity index (χ1) is 8.45. The van der Waals surface area contributed by atoms with Gasteiger partial charge in [-0.05, 0) is 12.5 Å². The van der Waals surface area contributed by atoms with E-state index in [4.69, 9.17) is 4.74 Å². The van der Waals surface area contributed by atoms with Crippen LogP contribution in [0.4, 0.5) is 5.69 Å². The molecule has 6 heteroatoms. The van der Waals surface area contributed by atoms with Crippen molar-refractivity contribution in [1.82, 2.24) is 0 Å². The Labute approximate surface area is 105 Å². The molecule has 18 heavy (non-hydrogen) atoms. The van der Waals surface area contributed by atoms with Gasteiger partial charge in [0, 0.05) is 25.7 Å². The number of methoxy groups -OCH3 is 1. The van der Waals surface area contributed by atoms with Gasteiger partial charge in [-0.1, -0.05) is 12.1 Å². The molecule has 3 atom stereocenters. The molecule has 6 nitrogen and oxygen atoms in total. The van der Waals surface area contributed by atoms with Crippen LogP contribution in [0, 0.1) is 10.1 Å². The van der Waals surface area contributed by atoms with E-state index < -0.39 is 23.2 Å². The standard InChI is InChI=1S/C12H17NO5/c1-8(18-2)11(14)7-12(15)9-4-3-5-10(6-9)13(16)17/h3-6,8,11-12,14-15H,7H2,1-2H3/t8-,11-,12+/m1/s1. The molecule has 0 unspecified atom stereocenters. The number of aliphatic hydroxyl groups is 2. The third-order valence-corrected chi connectivity index (χ3v) is 2.84. The molecule has 0 amide bonds. The summed E-state index contributed by atoms with van der Waals surface area (Å²) in [5.41, 5.74) is 0.326. The Morgan fingerprint density at radius 1 is 1.44 bits per heavy atom. The van der Waals surface area contributed by atoms with Crippen LogP contribution in [-0.4, -0.2) is 34.5 Å². The summed E-state index contributed by atoms with van der Waals surface area (Å²) in [5, 5.41) is 30.2. The van der Waals surface area contributed by atoms with Gasteiger partial charge in [-0.3, -0.25) is 10.1 Å². The van der Waals surface area contributed by atoms with Crippen molar-refractivity contribution in [3.63, 3.8) is 0 Å². The Kier molecular flexibility index (Phi) is 5.21. The minimum Gasteiger partial charge on any atom is -0.390 e. The van der Waals surface area contributed by atoms with Gasteiger partial charge in [0.25, 0.3) is 5.69 Å². The molecule has 0 radical (unpaired) electrons. The topological polar surface area (TPSA) is 92.8 Å². The van der Waals surface area contributed by atoms with Crippen molar-refractivity contribution in [2.24, 2.45) is 0 Å². The lowest BCUT2D eigenvalue weighted by molar-refractivity contribution is -0.385. The lowest BCUT2D eigenvalue weighted by Crippen LogP contribution is -2.26. The molecule has 1 aromatic rings. The number of nitro benzene ring substituents is 1. The molecule has 0 spiro atoms. The van der Waals surface area contributed by atoms with Crippen molar-refractivity contribution in [2.45, 2.75) is 31.7 Å². The molecule has 0 fully saturated rings. The van der Waals surface area contributed by atoms with Gasteiger partial charge in [-0.15, -0.1) is 0 Å². The average molecular weight is 255 g/mol. The summed E-state index contributed by atoms with van der Waals surface area (Å²) in [6.45, 7) is 1.69. The van der Waals surface area contributed by atoms with Crippen molar-refractivity contribution < 1.29 is 19.9 Å². The van der Waals surface area contributed by atoms with Crippen LogP contribution in [0.25, 0.3) is 0 Å². The van der Waals surface area contributed by atoms with Crippen LogP contribution >= 0.6 is 0 Å². The van der Waals surface area contributed by atoms with Gasteiger partial charge < -0.3 is 14.9 Å². The van der Waals surface area contributed by atoms with Crippen LogP contribution < -0.4 is 0 Å². The Balaban J connectivity index is 2.75. The Morgan fingerprint density at radius 3 is 2.67 bits per heavy atom. The van der Waals surface area contributed by atoms with E-state index in [-0.39, 0.29) is 12.1 Å². The number of aliphatic hydroxyl groups excluding tert-OH is 2. The van der Waals surface area contributed by atoms with Gasteiger partial charge in [-0.25, -0.2) is 0 Å². The highest BCUT2D eigenvalue weighted by atomic mass is 16.6. The Hall–Kier alpha value is -1.50. The first-order valence-electron chi connectivity index (χ1n) is 5.59. The predicted molar refractivity (Wildman–Crippen MR) is 65.2 cm³/mol. The molecular weight excluding hydrogens is 238 g/mol. The first kappa shape index (κ1) is 14.6. The van der Waals surface area contributed by atoms with Crippen molar-refractivity contribution in [2.75, 3.05) is 7.11 Å². The molecule has 2 N–H and O–H groups in total. The second-order valence-corrected chi connectivity index (χ2v) is 4.11. The number of ether oxygens (including phenoxy) is 1. The number of nitrogens with zero attached hydrogens (tertiary/aromatic N) is 1. The zero-order valence-electron chi connectivity index (χ0n) is 10.3. The molecule has 0 aliphatic carbocycles. The highest BCUT2D eigenvalue weighted by Gasteiger charge is 2.20. The first-order valence-corrected chi connectivity index (χ1v) is 5.59. The summed E-state index contributed by atoms with van der Waals surface area (Å²) < 4.78 is 4.94. The number of rotatable bonds is 6. The molecule has 0 bridgehead atoms. The van der Waals surface area contributed by atoms with Crippen LogP contribution in [0.1, 0.15) is 25.0 Å². The van der Waals surface area contributed by atoms with Crippen molar-refractivity contribution in [1.29, 1.82) is 0 Å². The fourth-order valence-corrected chi connectivity index (χ4v) is 1.56. The number of hydrogen-bond acceptors (Lipinski definition) is 5. The summed E-state index contributed by atoms with van der Waals surface area (Å²) in [6.07, 6.45) is -2.13. The molecule has 0 aromatic heterocycles. The number of benzene rings is 1. The molecule has 0 saturated heterocycles. The lowest BCUT2D eigenvalue weighted by Gasteiger charge is -2.20. The third-order valence-electron chi connectivity index (χ3n) is 2.84. The van der Waals surface area contributed by atoms with Crippen LogP contribution in [0.5, 0.6) is 0 Å². The summed E-state index contributed by atoms with van der Waals surface area (Å²) in [6, 6.07) is 5.74. The van der Waals surface area contributed by atoms with E-state index in [0.29, 0.717) is 5.56 Å². The van der Waals surface area contributed by atoms with E-state index in [1.807, 2.05) is 0 Å². The second kappa shape index (κ2) is 6.44. The maximum atomic E-state index is 10.6. The van der Waals surface area contributed by atoms with Gasteiger partial charge in [0.15, 0.2) is 0 Å². The highest BCUT2D eigenvalue weighted by Crippen LogP contribution is 2.23. The molecule has 1 aromatic carbocycles. The van der Waals surface area contributed by atoms with Crippen molar-refractivity contribution in [3.05, 3.63) is 39.9 Å². The van der Waals surface area contributed by atoms with Crippen molar-refractivity contribution >= 4 is 5.69 Å². The van der Waals surface area contributed by atoms with Gasteiger partial charge in [0.2, 0.25) is 0 Å². The lowest BCUT2D eigenvalue weighted by atomic mass is 10.0. The molecule has 100 valence electrons. The normalized spacial score (nSPS) is 16.0.